The second kappa shape index (κ2) is 7.19. The predicted octanol–water partition coefficient (Wildman–Crippen LogP) is 1.92. The lowest BCUT2D eigenvalue weighted by molar-refractivity contribution is -0.127. The molecule has 0 bridgehead atoms. The molecule has 128 valence electrons. The van der Waals surface area contributed by atoms with Gasteiger partial charge in [0.2, 0.25) is 15.9 Å². The Bertz CT molecular complexity index is 783. The van der Waals surface area contributed by atoms with Crippen LogP contribution < -0.4 is 4.72 Å². The number of sulfonamides is 1. The molecule has 6 nitrogen and oxygen atoms in total. The summed E-state index contributed by atoms with van der Waals surface area (Å²) >= 11 is 0. The molecule has 1 aromatic carbocycles. The van der Waals surface area contributed by atoms with E-state index in [4.69, 9.17) is 4.42 Å². The fourth-order valence-electron chi connectivity index (χ4n) is 2.70. The van der Waals surface area contributed by atoms with Crippen LogP contribution >= 0.6 is 0 Å². The van der Waals surface area contributed by atoms with Crippen LogP contribution in [-0.2, 0) is 27.8 Å². The highest BCUT2D eigenvalue weighted by atomic mass is 32.2. The van der Waals surface area contributed by atoms with Crippen LogP contribution in [0.1, 0.15) is 24.2 Å². The van der Waals surface area contributed by atoms with Gasteiger partial charge >= 0.3 is 0 Å². The number of amides is 1. The molecule has 2 aromatic rings. The van der Waals surface area contributed by atoms with Gasteiger partial charge in [0.1, 0.15) is 5.76 Å². The Morgan fingerprint density at radius 2 is 1.96 bits per heavy atom. The summed E-state index contributed by atoms with van der Waals surface area (Å²) in [4.78, 5) is 13.7. The first-order chi connectivity index (χ1) is 11.5. The van der Waals surface area contributed by atoms with Crippen LogP contribution in [-0.4, -0.2) is 32.3 Å². The van der Waals surface area contributed by atoms with E-state index in [1.165, 1.54) is 6.26 Å². The number of carbonyl (C=O) groups excluding carboxylic acids is 1. The Morgan fingerprint density at radius 1 is 1.17 bits per heavy atom. The molecule has 1 saturated heterocycles. The monoisotopic (exact) mass is 348 g/mol. The molecular formula is C17H20N2O4S. The number of hydrogen-bond donors (Lipinski definition) is 1. The number of hydrogen-bond acceptors (Lipinski definition) is 4. The fourth-order valence-corrected chi connectivity index (χ4v) is 3.70. The first-order valence-corrected chi connectivity index (χ1v) is 9.42. The van der Waals surface area contributed by atoms with Gasteiger partial charge in [0.25, 0.3) is 0 Å². The number of furan rings is 1. The molecule has 2 heterocycles. The van der Waals surface area contributed by atoms with E-state index in [2.05, 4.69) is 4.72 Å². The van der Waals surface area contributed by atoms with E-state index in [-0.39, 0.29) is 17.3 Å². The highest BCUT2D eigenvalue weighted by molar-refractivity contribution is 7.89. The van der Waals surface area contributed by atoms with Gasteiger partial charge in [-0.15, -0.1) is 0 Å². The second-order valence-electron chi connectivity index (χ2n) is 5.78. The number of rotatable bonds is 7. The maximum Gasteiger partial charge on any atom is 0.240 e. The normalized spacial score (nSPS) is 15.2. The van der Waals surface area contributed by atoms with Crippen LogP contribution in [0.2, 0.25) is 0 Å². The third-order valence-electron chi connectivity index (χ3n) is 4.09. The van der Waals surface area contributed by atoms with Crippen molar-refractivity contribution >= 4 is 15.9 Å². The first kappa shape index (κ1) is 16.7. The summed E-state index contributed by atoms with van der Waals surface area (Å²) in [6, 6.07) is 10.2. The van der Waals surface area contributed by atoms with E-state index in [1.807, 2.05) is 4.90 Å². The fraction of sp³-hybridized carbons (Fsp3) is 0.353. The molecular weight excluding hydrogens is 328 g/mol. The number of nitrogens with zero attached hydrogens (tertiary/aromatic N) is 1. The van der Waals surface area contributed by atoms with Crippen LogP contribution in [0.3, 0.4) is 0 Å². The number of likely N-dealkylation sites (tertiary alicyclic amines) is 1. The molecule has 0 radical (unpaired) electrons. The molecule has 0 aliphatic carbocycles. The van der Waals surface area contributed by atoms with Gasteiger partial charge in [-0.3, -0.25) is 4.79 Å². The summed E-state index contributed by atoms with van der Waals surface area (Å²) in [5.41, 5.74) is 1.01. The van der Waals surface area contributed by atoms with Crippen molar-refractivity contribution in [3.63, 3.8) is 0 Å². The van der Waals surface area contributed by atoms with Gasteiger partial charge in [-0.25, -0.2) is 13.1 Å². The maximum atomic E-state index is 12.2. The van der Waals surface area contributed by atoms with Gasteiger partial charge in [-0.1, -0.05) is 12.1 Å². The van der Waals surface area contributed by atoms with E-state index in [0.29, 0.717) is 18.7 Å². The molecule has 24 heavy (non-hydrogen) atoms. The van der Waals surface area contributed by atoms with Gasteiger partial charge in [0, 0.05) is 19.5 Å². The molecule has 1 aliphatic rings. The third kappa shape index (κ3) is 4.04. The average Bonchev–Trinajstić information content (AvgIpc) is 3.23. The summed E-state index contributed by atoms with van der Waals surface area (Å²) < 4.78 is 32.1. The zero-order chi connectivity index (χ0) is 17.0. The summed E-state index contributed by atoms with van der Waals surface area (Å²) in [7, 11) is -3.57. The Balaban J connectivity index is 1.57. The topological polar surface area (TPSA) is 79.6 Å². The van der Waals surface area contributed by atoms with Crippen molar-refractivity contribution in [3.8, 4) is 0 Å². The molecule has 0 unspecified atom stereocenters. The van der Waals surface area contributed by atoms with E-state index in [0.717, 1.165) is 24.9 Å². The Kier molecular flexibility index (Phi) is 5.01. The van der Waals surface area contributed by atoms with Crippen molar-refractivity contribution in [3.05, 3.63) is 54.0 Å². The Labute approximate surface area is 141 Å². The predicted molar refractivity (Wildman–Crippen MR) is 88.7 cm³/mol. The minimum absolute atomic E-state index is 0.119. The summed E-state index contributed by atoms with van der Waals surface area (Å²) in [6.07, 6.45) is 3.80. The van der Waals surface area contributed by atoms with Gasteiger partial charge in [0.15, 0.2) is 0 Å². The Hall–Kier alpha value is -2.12. The zero-order valence-electron chi connectivity index (χ0n) is 13.3. The van der Waals surface area contributed by atoms with Crippen molar-refractivity contribution < 1.29 is 17.6 Å². The number of nitrogens with one attached hydrogen (secondary N) is 1. The summed E-state index contributed by atoms with van der Waals surface area (Å²) in [5.74, 6) is 0.766. The van der Waals surface area contributed by atoms with Gasteiger partial charge in [-0.05, 0) is 42.7 Å². The molecule has 1 aliphatic heterocycles. The number of carbonyl (C=O) groups is 1. The SMILES string of the molecule is O=C1CCCN1CCc1ccc(S(=O)(=O)NCc2ccco2)cc1. The van der Waals surface area contributed by atoms with Crippen molar-refractivity contribution in [2.45, 2.75) is 30.7 Å². The minimum Gasteiger partial charge on any atom is -0.468 e. The third-order valence-corrected chi connectivity index (χ3v) is 5.51. The quantitative estimate of drug-likeness (QED) is 0.829. The van der Waals surface area contributed by atoms with Crippen molar-refractivity contribution in [1.82, 2.24) is 9.62 Å². The highest BCUT2D eigenvalue weighted by Crippen LogP contribution is 2.14. The molecule has 0 saturated carbocycles. The molecule has 1 N–H and O–H groups in total. The van der Waals surface area contributed by atoms with E-state index < -0.39 is 10.0 Å². The van der Waals surface area contributed by atoms with Gasteiger partial charge < -0.3 is 9.32 Å². The molecule has 1 amide bonds. The Morgan fingerprint density at radius 3 is 2.58 bits per heavy atom. The second-order valence-corrected chi connectivity index (χ2v) is 7.55. The molecule has 0 atom stereocenters. The van der Waals surface area contributed by atoms with E-state index in [9.17, 15) is 13.2 Å². The van der Waals surface area contributed by atoms with Crippen LogP contribution in [0.15, 0.2) is 52.0 Å². The lowest BCUT2D eigenvalue weighted by atomic mass is 10.1. The van der Waals surface area contributed by atoms with Crippen molar-refractivity contribution in [2.24, 2.45) is 0 Å². The molecule has 1 aromatic heterocycles. The number of benzene rings is 1. The van der Waals surface area contributed by atoms with Crippen LogP contribution in [0.5, 0.6) is 0 Å². The maximum absolute atomic E-state index is 12.2. The van der Waals surface area contributed by atoms with Crippen LogP contribution in [0.4, 0.5) is 0 Å². The van der Waals surface area contributed by atoms with Crippen LogP contribution in [0.25, 0.3) is 0 Å². The van der Waals surface area contributed by atoms with Crippen molar-refractivity contribution in [2.75, 3.05) is 13.1 Å². The summed E-state index contributed by atoms with van der Waals surface area (Å²) in [6.45, 7) is 1.62. The molecule has 3 rings (SSSR count). The van der Waals surface area contributed by atoms with E-state index >= 15 is 0 Å². The molecule has 7 heteroatoms. The largest absolute Gasteiger partial charge is 0.468 e. The van der Waals surface area contributed by atoms with Gasteiger partial charge in [0.05, 0.1) is 17.7 Å². The lowest BCUT2D eigenvalue weighted by Gasteiger charge is -2.15. The van der Waals surface area contributed by atoms with Crippen molar-refractivity contribution in [1.29, 1.82) is 0 Å². The summed E-state index contributed by atoms with van der Waals surface area (Å²) in [5, 5.41) is 0. The molecule has 0 spiro atoms. The smallest absolute Gasteiger partial charge is 0.240 e. The highest BCUT2D eigenvalue weighted by Gasteiger charge is 2.19. The average molecular weight is 348 g/mol. The minimum atomic E-state index is -3.57. The standard InChI is InChI=1S/C17H20N2O4S/c20-17-4-1-10-19(17)11-9-14-5-7-16(8-6-14)24(21,22)18-13-15-3-2-12-23-15/h2-3,5-8,12,18H,1,4,9-11,13H2. The van der Waals surface area contributed by atoms with E-state index in [1.54, 1.807) is 36.4 Å². The zero-order valence-corrected chi connectivity index (χ0v) is 14.1. The van der Waals surface area contributed by atoms with Gasteiger partial charge in [-0.2, -0.15) is 0 Å². The molecule has 1 fully saturated rings. The first-order valence-electron chi connectivity index (χ1n) is 7.93. The lowest BCUT2D eigenvalue weighted by Crippen LogP contribution is -2.27. The van der Waals surface area contributed by atoms with Crippen LogP contribution in [0, 0.1) is 0 Å².